The van der Waals surface area contributed by atoms with Crippen molar-refractivity contribution < 1.29 is 22.3 Å². The van der Waals surface area contributed by atoms with Gasteiger partial charge in [-0.3, -0.25) is 4.68 Å². The normalized spacial score (nSPS) is 16.8. The molecule has 1 aliphatic heterocycles. The molecule has 2 heterocycles. The molecule has 26 heavy (non-hydrogen) atoms. The van der Waals surface area contributed by atoms with Gasteiger partial charge in [0.25, 0.3) is 0 Å². The van der Waals surface area contributed by atoms with Crippen LogP contribution >= 0.6 is 12.4 Å². The van der Waals surface area contributed by atoms with Crippen molar-refractivity contribution in [1.82, 2.24) is 15.1 Å². The van der Waals surface area contributed by atoms with Gasteiger partial charge in [0.15, 0.2) is 0 Å². The van der Waals surface area contributed by atoms with E-state index < -0.39 is 18.0 Å². The van der Waals surface area contributed by atoms with Gasteiger partial charge in [0, 0.05) is 19.0 Å². The Labute approximate surface area is 154 Å². The highest BCUT2D eigenvalue weighted by Gasteiger charge is 2.36. The average Bonchev–Trinajstić information content (AvgIpc) is 2.95. The second-order valence-corrected chi connectivity index (χ2v) is 6.17. The number of benzene rings is 1. The molecule has 1 atom stereocenters. The SMILES string of the molecule is Cl.Cn1nc(OC(c2ccc(F)cc2)C2CCNCC2)cc1C(F)(F)F. The molecule has 144 valence electrons. The largest absolute Gasteiger partial charge is 0.468 e. The highest BCUT2D eigenvalue weighted by molar-refractivity contribution is 5.85. The fourth-order valence-corrected chi connectivity index (χ4v) is 3.13. The van der Waals surface area contributed by atoms with E-state index in [-0.39, 0.29) is 30.0 Å². The van der Waals surface area contributed by atoms with E-state index >= 15 is 0 Å². The highest BCUT2D eigenvalue weighted by Crippen LogP contribution is 2.36. The molecular weight excluding hydrogens is 374 g/mol. The van der Waals surface area contributed by atoms with Gasteiger partial charge in [0.2, 0.25) is 5.88 Å². The van der Waals surface area contributed by atoms with Crippen LogP contribution in [0.3, 0.4) is 0 Å². The number of nitrogens with zero attached hydrogens (tertiary/aromatic N) is 2. The van der Waals surface area contributed by atoms with Crippen LogP contribution < -0.4 is 10.1 Å². The van der Waals surface area contributed by atoms with E-state index in [0.29, 0.717) is 0 Å². The standard InChI is InChI=1S/C17H19F4N3O.ClH/c1-24-14(17(19,20)21)10-15(23-24)25-16(12-6-8-22-9-7-12)11-2-4-13(18)5-3-11;/h2-5,10,12,16,22H,6-9H2,1H3;1H. The summed E-state index contributed by atoms with van der Waals surface area (Å²) in [4.78, 5) is 0. The summed E-state index contributed by atoms with van der Waals surface area (Å²) in [6.07, 6.45) is -3.33. The zero-order valence-corrected chi connectivity index (χ0v) is 14.9. The minimum absolute atomic E-state index is 0. The topological polar surface area (TPSA) is 39.1 Å². The quantitative estimate of drug-likeness (QED) is 0.794. The summed E-state index contributed by atoms with van der Waals surface area (Å²) in [7, 11) is 1.23. The first-order valence-electron chi connectivity index (χ1n) is 8.08. The second-order valence-electron chi connectivity index (χ2n) is 6.17. The van der Waals surface area contributed by atoms with Crippen LogP contribution in [0.4, 0.5) is 17.6 Å². The maximum absolute atomic E-state index is 13.2. The summed E-state index contributed by atoms with van der Waals surface area (Å²) in [6.45, 7) is 1.61. The van der Waals surface area contributed by atoms with Gasteiger partial charge in [-0.25, -0.2) is 4.39 Å². The highest BCUT2D eigenvalue weighted by atomic mass is 35.5. The van der Waals surface area contributed by atoms with Gasteiger partial charge in [-0.1, -0.05) is 12.1 Å². The number of alkyl halides is 3. The molecule has 0 spiro atoms. The summed E-state index contributed by atoms with van der Waals surface area (Å²) in [6, 6.07) is 6.77. The van der Waals surface area contributed by atoms with E-state index in [1.54, 1.807) is 12.1 Å². The third kappa shape index (κ3) is 4.67. The lowest BCUT2D eigenvalue weighted by molar-refractivity contribution is -0.143. The third-order valence-electron chi connectivity index (χ3n) is 4.41. The minimum Gasteiger partial charge on any atom is -0.468 e. The van der Waals surface area contributed by atoms with Gasteiger partial charge in [-0.2, -0.15) is 13.2 Å². The summed E-state index contributed by atoms with van der Waals surface area (Å²) in [5.74, 6) is -0.337. The summed E-state index contributed by atoms with van der Waals surface area (Å²) >= 11 is 0. The molecule has 9 heteroatoms. The molecule has 0 aliphatic carbocycles. The molecule has 1 unspecified atom stereocenters. The predicted molar refractivity (Wildman–Crippen MR) is 90.8 cm³/mol. The molecule has 1 saturated heterocycles. The van der Waals surface area contributed by atoms with Crippen LogP contribution in [-0.2, 0) is 13.2 Å². The molecule has 0 amide bonds. The lowest BCUT2D eigenvalue weighted by atomic mass is 9.88. The van der Waals surface area contributed by atoms with Crippen LogP contribution in [0.25, 0.3) is 0 Å². The zero-order valence-electron chi connectivity index (χ0n) is 14.1. The van der Waals surface area contributed by atoms with Crippen molar-refractivity contribution >= 4 is 12.4 Å². The van der Waals surface area contributed by atoms with Crippen molar-refractivity contribution in [1.29, 1.82) is 0 Å². The number of halogens is 5. The van der Waals surface area contributed by atoms with Gasteiger partial charge in [0.05, 0.1) is 0 Å². The Kier molecular flexibility index (Phi) is 6.52. The average molecular weight is 394 g/mol. The minimum atomic E-state index is -4.50. The Morgan fingerprint density at radius 2 is 1.81 bits per heavy atom. The maximum Gasteiger partial charge on any atom is 0.433 e. The number of hydrogen-bond donors (Lipinski definition) is 1. The Morgan fingerprint density at radius 3 is 2.35 bits per heavy atom. The molecular formula is C17H20ClF4N3O. The van der Waals surface area contributed by atoms with Crippen molar-refractivity contribution in [2.24, 2.45) is 13.0 Å². The first kappa shape index (κ1) is 20.5. The van der Waals surface area contributed by atoms with Gasteiger partial charge in [0.1, 0.15) is 17.6 Å². The maximum atomic E-state index is 13.2. The van der Waals surface area contributed by atoms with Gasteiger partial charge in [-0.15, -0.1) is 17.5 Å². The van der Waals surface area contributed by atoms with Crippen LogP contribution in [0.5, 0.6) is 5.88 Å². The number of ether oxygens (including phenoxy) is 1. The molecule has 2 aromatic rings. The Hall–Kier alpha value is -1.80. The second kappa shape index (κ2) is 8.26. The molecule has 0 saturated carbocycles. The van der Waals surface area contributed by atoms with Crippen molar-refractivity contribution in [3.63, 3.8) is 0 Å². The van der Waals surface area contributed by atoms with Crippen LogP contribution in [0.15, 0.2) is 30.3 Å². The fraction of sp³-hybridized carbons (Fsp3) is 0.471. The molecule has 1 N–H and O–H groups in total. The molecule has 1 aromatic heterocycles. The number of piperidine rings is 1. The van der Waals surface area contributed by atoms with Crippen molar-refractivity contribution in [3.05, 3.63) is 47.4 Å². The Balaban J connectivity index is 0.00000243. The van der Waals surface area contributed by atoms with Gasteiger partial charge >= 0.3 is 6.18 Å². The number of nitrogens with one attached hydrogen (secondary N) is 1. The molecule has 1 aliphatic rings. The van der Waals surface area contributed by atoms with E-state index in [9.17, 15) is 17.6 Å². The van der Waals surface area contributed by atoms with E-state index in [2.05, 4.69) is 10.4 Å². The molecule has 0 radical (unpaired) electrons. The van der Waals surface area contributed by atoms with Crippen molar-refractivity contribution in [3.8, 4) is 5.88 Å². The molecule has 3 rings (SSSR count). The van der Waals surface area contributed by atoms with Crippen molar-refractivity contribution in [2.75, 3.05) is 13.1 Å². The number of rotatable bonds is 4. The van der Waals surface area contributed by atoms with Gasteiger partial charge in [-0.05, 0) is 43.6 Å². The van der Waals surface area contributed by atoms with E-state index in [4.69, 9.17) is 4.74 Å². The van der Waals surface area contributed by atoms with Crippen molar-refractivity contribution in [2.45, 2.75) is 25.1 Å². The molecule has 0 bridgehead atoms. The first-order chi connectivity index (χ1) is 11.8. The van der Waals surface area contributed by atoms with E-state index in [1.165, 1.54) is 19.2 Å². The van der Waals surface area contributed by atoms with Crippen LogP contribution in [0.1, 0.15) is 30.2 Å². The van der Waals surface area contributed by atoms with Crippen LogP contribution in [0.2, 0.25) is 0 Å². The predicted octanol–water partition coefficient (Wildman–Crippen LogP) is 4.12. The number of aromatic nitrogens is 2. The number of hydrogen-bond acceptors (Lipinski definition) is 3. The zero-order chi connectivity index (χ0) is 18.0. The van der Waals surface area contributed by atoms with E-state index in [1.807, 2.05) is 0 Å². The summed E-state index contributed by atoms with van der Waals surface area (Å²) < 4.78 is 58.7. The first-order valence-corrected chi connectivity index (χ1v) is 8.08. The summed E-state index contributed by atoms with van der Waals surface area (Å²) in [5.41, 5.74) is -0.141. The van der Waals surface area contributed by atoms with Crippen LogP contribution in [-0.4, -0.2) is 22.9 Å². The van der Waals surface area contributed by atoms with Gasteiger partial charge < -0.3 is 10.1 Å². The molecule has 4 nitrogen and oxygen atoms in total. The molecule has 1 fully saturated rings. The monoisotopic (exact) mass is 393 g/mol. The Morgan fingerprint density at radius 1 is 1.19 bits per heavy atom. The smallest absolute Gasteiger partial charge is 0.433 e. The fourth-order valence-electron chi connectivity index (χ4n) is 3.13. The third-order valence-corrected chi connectivity index (χ3v) is 4.41. The Bertz CT molecular complexity index is 712. The van der Waals surface area contributed by atoms with E-state index in [0.717, 1.165) is 42.2 Å². The summed E-state index contributed by atoms with van der Waals surface area (Å²) in [5, 5.41) is 7.08. The lowest BCUT2D eigenvalue weighted by Gasteiger charge is -2.30. The molecule has 1 aromatic carbocycles. The van der Waals surface area contributed by atoms with Crippen LogP contribution in [0, 0.1) is 11.7 Å². The lowest BCUT2D eigenvalue weighted by Crippen LogP contribution is -2.32. The number of aryl methyl sites for hydroxylation is 1.